The van der Waals surface area contributed by atoms with Gasteiger partial charge in [0.25, 0.3) is 5.91 Å². The Hall–Kier alpha value is -1.97. The van der Waals surface area contributed by atoms with E-state index in [1.807, 2.05) is 0 Å². The van der Waals surface area contributed by atoms with Gasteiger partial charge < -0.3 is 14.8 Å². The van der Waals surface area contributed by atoms with E-state index in [-0.39, 0.29) is 5.91 Å². The van der Waals surface area contributed by atoms with Gasteiger partial charge in [-0.1, -0.05) is 11.6 Å². The molecule has 0 atom stereocenters. The molecule has 0 unspecified atom stereocenters. The van der Waals surface area contributed by atoms with Crippen LogP contribution in [0.3, 0.4) is 0 Å². The van der Waals surface area contributed by atoms with Gasteiger partial charge in [-0.05, 0) is 37.8 Å². The molecule has 1 aromatic rings. The monoisotopic (exact) mass is 275 g/mol. The Kier molecular flexibility index (Phi) is 5.04. The maximum atomic E-state index is 12.2. The molecule has 4 heteroatoms. The minimum Gasteiger partial charge on any atom is -0.497 e. The lowest BCUT2D eigenvalue weighted by Gasteiger charge is -2.14. The molecule has 1 amide bonds. The van der Waals surface area contributed by atoms with Crippen molar-refractivity contribution in [3.8, 4) is 11.5 Å². The number of nitrogens with one attached hydrogen (secondary N) is 1. The molecule has 2 rings (SSSR count). The number of allylic oxidation sites excluding steroid dienone is 1. The van der Waals surface area contributed by atoms with Crippen LogP contribution in [0.1, 0.15) is 36.0 Å². The van der Waals surface area contributed by atoms with E-state index >= 15 is 0 Å². The summed E-state index contributed by atoms with van der Waals surface area (Å²) in [6.07, 6.45) is 6.91. The van der Waals surface area contributed by atoms with Gasteiger partial charge in [-0.2, -0.15) is 0 Å². The van der Waals surface area contributed by atoms with Crippen molar-refractivity contribution >= 4 is 5.91 Å². The van der Waals surface area contributed by atoms with Crippen molar-refractivity contribution in [2.24, 2.45) is 0 Å². The van der Waals surface area contributed by atoms with Crippen molar-refractivity contribution in [3.63, 3.8) is 0 Å². The lowest BCUT2D eigenvalue weighted by atomic mass is 9.99. The Bertz CT molecular complexity index is 486. The number of carbonyl (C=O) groups is 1. The Labute approximate surface area is 119 Å². The molecule has 1 N–H and O–H groups in total. The number of hydrogen-bond acceptors (Lipinski definition) is 3. The molecule has 0 radical (unpaired) electrons. The second kappa shape index (κ2) is 6.98. The number of benzene rings is 1. The third-order valence-electron chi connectivity index (χ3n) is 3.47. The molecule has 0 heterocycles. The van der Waals surface area contributed by atoms with Crippen LogP contribution >= 0.6 is 0 Å². The van der Waals surface area contributed by atoms with E-state index < -0.39 is 0 Å². The lowest BCUT2D eigenvalue weighted by molar-refractivity contribution is 0.0956. The summed E-state index contributed by atoms with van der Waals surface area (Å²) >= 11 is 0. The number of rotatable bonds is 5. The average molecular weight is 275 g/mol. The average Bonchev–Trinajstić information content (AvgIpc) is 2.52. The van der Waals surface area contributed by atoms with Crippen LogP contribution in [0.4, 0.5) is 0 Å². The van der Waals surface area contributed by atoms with Crippen molar-refractivity contribution in [3.05, 3.63) is 35.4 Å². The zero-order valence-electron chi connectivity index (χ0n) is 12.1. The van der Waals surface area contributed by atoms with Crippen LogP contribution in [0.2, 0.25) is 0 Å². The van der Waals surface area contributed by atoms with Gasteiger partial charge in [-0.15, -0.1) is 0 Å². The summed E-state index contributed by atoms with van der Waals surface area (Å²) < 4.78 is 10.3. The van der Waals surface area contributed by atoms with Gasteiger partial charge in [0.05, 0.1) is 14.2 Å². The summed E-state index contributed by atoms with van der Waals surface area (Å²) in [4.78, 5) is 12.2. The van der Waals surface area contributed by atoms with Crippen molar-refractivity contribution in [1.82, 2.24) is 5.32 Å². The van der Waals surface area contributed by atoms with Crippen LogP contribution in [0.5, 0.6) is 11.5 Å². The molecule has 0 aromatic heterocycles. The Morgan fingerprint density at radius 3 is 2.40 bits per heavy atom. The van der Waals surface area contributed by atoms with E-state index in [1.54, 1.807) is 32.4 Å². The van der Waals surface area contributed by atoms with Gasteiger partial charge in [-0.25, -0.2) is 0 Å². The quantitative estimate of drug-likeness (QED) is 0.840. The summed E-state index contributed by atoms with van der Waals surface area (Å²) in [7, 11) is 3.15. The first-order chi connectivity index (χ1) is 9.72. The zero-order chi connectivity index (χ0) is 14.4. The van der Waals surface area contributed by atoms with Gasteiger partial charge in [0.1, 0.15) is 11.5 Å². The maximum absolute atomic E-state index is 12.2. The summed E-state index contributed by atoms with van der Waals surface area (Å²) in [5, 5.41) is 2.95. The van der Waals surface area contributed by atoms with E-state index in [0.29, 0.717) is 23.6 Å². The molecule has 0 bridgehead atoms. The molecule has 1 aromatic carbocycles. The fourth-order valence-electron chi connectivity index (χ4n) is 2.30. The lowest BCUT2D eigenvalue weighted by Crippen LogP contribution is -2.26. The Morgan fingerprint density at radius 2 is 1.85 bits per heavy atom. The molecule has 0 saturated carbocycles. The van der Waals surface area contributed by atoms with Crippen molar-refractivity contribution < 1.29 is 14.3 Å². The fraction of sp³-hybridized carbons (Fsp3) is 0.438. The molecular formula is C16H21NO3. The molecule has 0 spiro atoms. The SMILES string of the molecule is COc1cc(OC)cc(C(=O)NCC2=CCCCC2)c1. The highest BCUT2D eigenvalue weighted by Crippen LogP contribution is 2.22. The van der Waals surface area contributed by atoms with Crippen molar-refractivity contribution in [1.29, 1.82) is 0 Å². The molecule has 20 heavy (non-hydrogen) atoms. The Balaban J connectivity index is 2.02. The molecule has 0 saturated heterocycles. The standard InChI is InChI=1S/C16H21NO3/c1-19-14-8-13(9-15(10-14)20-2)16(18)17-11-12-6-4-3-5-7-12/h6,8-10H,3-5,7,11H2,1-2H3,(H,17,18). The maximum Gasteiger partial charge on any atom is 0.251 e. The largest absolute Gasteiger partial charge is 0.497 e. The molecule has 108 valence electrons. The fourth-order valence-corrected chi connectivity index (χ4v) is 2.30. The van der Waals surface area contributed by atoms with E-state index in [9.17, 15) is 4.79 Å². The van der Waals surface area contributed by atoms with Crippen LogP contribution in [0.15, 0.2) is 29.8 Å². The van der Waals surface area contributed by atoms with Crippen LogP contribution in [0, 0.1) is 0 Å². The highest BCUT2D eigenvalue weighted by atomic mass is 16.5. The van der Waals surface area contributed by atoms with Gasteiger partial charge in [0.15, 0.2) is 0 Å². The predicted octanol–water partition coefficient (Wildman–Crippen LogP) is 2.93. The summed E-state index contributed by atoms with van der Waals surface area (Å²) in [6.45, 7) is 0.623. The number of amides is 1. The minimum absolute atomic E-state index is 0.103. The number of carbonyl (C=O) groups excluding carboxylic acids is 1. The molecule has 1 aliphatic carbocycles. The van der Waals surface area contributed by atoms with E-state index in [4.69, 9.17) is 9.47 Å². The number of hydrogen-bond donors (Lipinski definition) is 1. The van der Waals surface area contributed by atoms with Crippen molar-refractivity contribution in [2.75, 3.05) is 20.8 Å². The highest BCUT2D eigenvalue weighted by Gasteiger charge is 2.11. The van der Waals surface area contributed by atoms with Gasteiger partial charge in [0.2, 0.25) is 0 Å². The molecule has 0 fully saturated rings. The summed E-state index contributed by atoms with van der Waals surface area (Å²) in [5.74, 6) is 1.13. The minimum atomic E-state index is -0.103. The number of ether oxygens (including phenoxy) is 2. The van der Waals surface area contributed by atoms with E-state index in [1.165, 1.54) is 18.4 Å². The van der Waals surface area contributed by atoms with E-state index in [2.05, 4.69) is 11.4 Å². The first-order valence-electron chi connectivity index (χ1n) is 6.92. The first-order valence-corrected chi connectivity index (χ1v) is 6.92. The third-order valence-corrected chi connectivity index (χ3v) is 3.47. The summed E-state index contributed by atoms with van der Waals surface area (Å²) in [6, 6.07) is 5.18. The zero-order valence-corrected chi connectivity index (χ0v) is 12.1. The summed E-state index contributed by atoms with van der Waals surface area (Å²) in [5.41, 5.74) is 1.87. The first kappa shape index (κ1) is 14.4. The van der Waals surface area contributed by atoms with E-state index in [0.717, 1.165) is 12.8 Å². The van der Waals surface area contributed by atoms with Gasteiger partial charge >= 0.3 is 0 Å². The smallest absolute Gasteiger partial charge is 0.251 e. The van der Waals surface area contributed by atoms with Crippen molar-refractivity contribution in [2.45, 2.75) is 25.7 Å². The predicted molar refractivity (Wildman–Crippen MR) is 78.4 cm³/mol. The third kappa shape index (κ3) is 3.76. The molecule has 0 aliphatic heterocycles. The van der Waals surface area contributed by atoms with Crippen LogP contribution < -0.4 is 14.8 Å². The topological polar surface area (TPSA) is 47.6 Å². The Morgan fingerprint density at radius 1 is 1.15 bits per heavy atom. The second-order valence-corrected chi connectivity index (χ2v) is 4.89. The molecule has 4 nitrogen and oxygen atoms in total. The molecular weight excluding hydrogens is 254 g/mol. The number of methoxy groups -OCH3 is 2. The van der Waals surface area contributed by atoms with Crippen LogP contribution in [-0.4, -0.2) is 26.7 Å². The van der Waals surface area contributed by atoms with Gasteiger partial charge in [0, 0.05) is 18.2 Å². The second-order valence-electron chi connectivity index (χ2n) is 4.89. The van der Waals surface area contributed by atoms with Gasteiger partial charge in [-0.3, -0.25) is 4.79 Å². The molecule has 1 aliphatic rings. The van der Waals surface area contributed by atoms with Crippen LogP contribution in [0.25, 0.3) is 0 Å². The normalized spacial score (nSPS) is 14.4. The highest BCUT2D eigenvalue weighted by molar-refractivity contribution is 5.95. The van der Waals surface area contributed by atoms with Crippen LogP contribution in [-0.2, 0) is 0 Å².